The highest BCUT2D eigenvalue weighted by atomic mass is 19.4. The highest BCUT2D eigenvalue weighted by Gasteiger charge is 2.38. The molecule has 0 aliphatic carbocycles. The van der Waals surface area contributed by atoms with E-state index in [-0.39, 0.29) is 17.6 Å². The van der Waals surface area contributed by atoms with Crippen LogP contribution in [0.15, 0.2) is 64.7 Å². The van der Waals surface area contributed by atoms with Crippen LogP contribution in [0, 0.1) is 0 Å². The first-order valence-corrected chi connectivity index (χ1v) is 8.97. The molecule has 152 valence electrons. The van der Waals surface area contributed by atoms with Crippen molar-refractivity contribution in [3.63, 3.8) is 0 Å². The third-order valence-corrected chi connectivity index (χ3v) is 4.79. The summed E-state index contributed by atoms with van der Waals surface area (Å²) in [6, 6.07) is 4.73. The van der Waals surface area contributed by atoms with Crippen LogP contribution in [0.1, 0.15) is 24.1 Å². The van der Waals surface area contributed by atoms with Gasteiger partial charge in [0.1, 0.15) is 24.4 Å². The van der Waals surface area contributed by atoms with Gasteiger partial charge in [-0.3, -0.25) is 14.8 Å². The van der Waals surface area contributed by atoms with E-state index in [2.05, 4.69) is 26.4 Å². The molecule has 2 atom stereocenters. The topological polar surface area (TPSA) is 80.8 Å². The molecule has 0 radical (unpaired) electrons. The molecule has 3 aliphatic rings. The van der Waals surface area contributed by atoms with Gasteiger partial charge in [0.05, 0.1) is 17.3 Å². The lowest BCUT2D eigenvalue weighted by molar-refractivity contribution is -0.138. The van der Waals surface area contributed by atoms with E-state index in [0.717, 1.165) is 6.07 Å². The summed E-state index contributed by atoms with van der Waals surface area (Å²) in [5.74, 6) is 0.0839. The van der Waals surface area contributed by atoms with Gasteiger partial charge in [-0.15, -0.1) is 0 Å². The zero-order valence-corrected chi connectivity index (χ0v) is 15.4. The minimum Gasteiger partial charge on any atom is -0.362 e. The fourth-order valence-electron chi connectivity index (χ4n) is 3.42. The molecule has 1 aromatic rings. The van der Waals surface area contributed by atoms with Crippen LogP contribution in [0.4, 0.5) is 13.2 Å². The lowest BCUT2D eigenvalue weighted by atomic mass is 9.99. The molecular weight excluding hydrogens is 385 g/mol. The van der Waals surface area contributed by atoms with Crippen molar-refractivity contribution < 1.29 is 18.0 Å². The summed E-state index contributed by atoms with van der Waals surface area (Å²) in [6.07, 6.45) is 1.75. The predicted molar refractivity (Wildman–Crippen MR) is 101 cm³/mol. The van der Waals surface area contributed by atoms with E-state index in [4.69, 9.17) is 0 Å². The summed E-state index contributed by atoms with van der Waals surface area (Å²) in [5, 5.41) is 10.5. The fraction of sp³-hybridized carbons (Fsp3) is 0.263. The van der Waals surface area contributed by atoms with Gasteiger partial charge < -0.3 is 16.0 Å². The summed E-state index contributed by atoms with van der Waals surface area (Å²) in [6.45, 7) is 2.09. The zero-order valence-electron chi connectivity index (χ0n) is 15.4. The second-order valence-electron chi connectivity index (χ2n) is 6.71. The Morgan fingerprint density at radius 3 is 2.79 bits per heavy atom. The van der Waals surface area contributed by atoms with Crippen LogP contribution in [0.3, 0.4) is 0 Å². The number of benzene rings is 1. The highest BCUT2D eigenvalue weighted by molar-refractivity contribution is 5.98. The second-order valence-corrected chi connectivity index (χ2v) is 6.71. The van der Waals surface area contributed by atoms with Crippen molar-refractivity contribution >= 4 is 12.1 Å². The first kappa shape index (κ1) is 19.1. The Labute approximate surface area is 165 Å². The molecule has 4 rings (SSSR count). The number of hydrogen-bond donors (Lipinski definition) is 4. The van der Waals surface area contributed by atoms with Crippen molar-refractivity contribution in [3.8, 4) is 0 Å². The molecule has 0 fully saturated rings. The number of fused-ring (bicyclic) bond motifs is 1. The van der Waals surface area contributed by atoms with Crippen LogP contribution in [0.2, 0.25) is 0 Å². The van der Waals surface area contributed by atoms with E-state index in [1.807, 2.05) is 0 Å². The van der Waals surface area contributed by atoms with Crippen LogP contribution in [-0.2, 0) is 11.0 Å². The SMILES string of the molecule is CC1=C(NC(=O)C2=CC=NCN2)N2NC(c3ccccc3C(F)(F)F)C=CC2N1. The summed E-state index contributed by atoms with van der Waals surface area (Å²) >= 11 is 0. The van der Waals surface area contributed by atoms with E-state index in [1.54, 1.807) is 36.2 Å². The molecule has 7 nitrogen and oxygen atoms in total. The molecule has 0 saturated heterocycles. The van der Waals surface area contributed by atoms with Crippen molar-refractivity contribution in [1.29, 1.82) is 0 Å². The maximum absolute atomic E-state index is 13.4. The van der Waals surface area contributed by atoms with E-state index >= 15 is 0 Å². The Morgan fingerprint density at radius 2 is 2.07 bits per heavy atom. The largest absolute Gasteiger partial charge is 0.416 e. The molecule has 0 aromatic heterocycles. The number of carbonyl (C=O) groups is 1. The summed E-state index contributed by atoms with van der Waals surface area (Å²) < 4.78 is 40.3. The minimum atomic E-state index is -4.46. The van der Waals surface area contributed by atoms with E-state index in [1.165, 1.54) is 18.3 Å². The maximum Gasteiger partial charge on any atom is 0.416 e. The molecule has 1 amide bonds. The number of aliphatic imine (C=N–C) groups is 1. The average molecular weight is 404 g/mol. The lowest BCUT2D eigenvalue weighted by Crippen LogP contribution is -2.52. The summed E-state index contributed by atoms with van der Waals surface area (Å²) in [4.78, 5) is 16.5. The van der Waals surface area contributed by atoms with Gasteiger partial charge in [-0.1, -0.05) is 24.3 Å². The molecule has 4 N–H and O–H groups in total. The van der Waals surface area contributed by atoms with Gasteiger partial charge in [-0.25, -0.2) is 5.43 Å². The van der Waals surface area contributed by atoms with Gasteiger partial charge in [0, 0.05) is 6.21 Å². The smallest absolute Gasteiger partial charge is 0.362 e. The van der Waals surface area contributed by atoms with Crippen LogP contribution >= 0.6 is 0 Å². The van der Waals surface area contributed by atoms with Crippen molar-refractivity contribution in [2.75, 3.05) is 6.67 Å². The number of halogens is 3. The Bertz CT molecular complexity index is 950. The highest BCUT2D eigenvalue weighted by Crippen LogP contribution is 2.36. The minimum absolute atomic E-state index is 0.109. The predicted octanol–water partition coefficient (Wildman–Crippen LogP) is 1.87. The van der Waals surface area contributed by atoms with Crippen LogP contribution in [-0.4, -0.2) is 30.0 Å². The average Bonchev–Trinajstić information content (AvgIpc) is 3.02. The van der Waals surface area contributed by atoms with Crippen molar-refractivity contribution in [3.05, 3.63) is 70.8 Å². The van der Waals surface area contributed by atoms with Crippen molar-refractivity contribution in [2.45, 2.75) is 25.3 Å². The molecule has 0 bridgehead atoms. The number of hydrazine groups is 1. The number of nitrogens with one attached hydrogen (secondary N) is 4. The van der Waals surface area contributed by atoms with Gasteiger partial charge in [0.25, 0.3) is 5.91 Å². The fourth-order valence-corrected chi connectivity index (χ4v) is 3.42. The van der Waals surface area contributed by atoms with E-state index in [0.29, 0.717) is 23.9 Å². The monoisotopic (exact) mass is 404 g/mol. The maximum atomic E-state index is 13.4. The van der Waals surface area contributed by atoms with Crippen LogP contribution < -0.4 is 21.4 Å². The van der Waals surface area contributed by atoms with Crippen LogP contribution in [0.5, 0.6) is 0 Å². The molecule has 0 spiro atoms. The Hall–Kier alpha value is -3.27. The zero-order chi connectivity index (χ0) is 20.6. The third-order valence-electron chi connectivity index (χ3n) is 4.79. The molecule has 3 heterocycles. The van der Waals surface area contributed by atoms with Crippen molar-refractivity contribution in [2.24, 2.45) is 4.99 Å². The Morgan fingerprint density at radius 1 is 1.28 bits per heavy atom. The number of carbonyl (C=O) groups excluding carboxylic acids is 1. The van der Waals surface area contributed by atoms with Gasteiger partial charge in [0.2, 0.25) is 0 Å². The van der Waals surface area contributed by atoms with Gasteiger partial charge in [0.15, 0.2) is 0 Å². The third kappa shape index (κ3) is 3.70. The molecule has 29 heavy (non-hydrogen) atoms. The first-order chi connectivity index (χ1) is 13.8. The molecule has 3 aliphatic heterocycles. The van der Waals surface area contributed by atoms with E-state index < -0.39 is 17.8 Å². The quantitative estimate of drug-likeness (QED) is 0.579. The van der Waals surface area contributed by atoms with Crippen molar-refractivity contribution in [1.82, 2.24) is 26.4 Å². The van der Waals surface area contributed by atoms with E-state index in [9.17, 15) is 18.0 Å². The number of alkyl halides is 3. The van der Waals surface area contributed by atoms with Gasteiger partial charge in [-0.05, 0) is 30.7 Å². The second kappa shape index (κ2) is 7.28. The molecule has 0 saturated carbocycles. The summed E-state index contributed by atoms with van der Waals surface area (Å²) in [7, 11) is 0. The van der Waals surface area contributed by atoms with Gasteiger partial charge >= 0.3 is 6.18 Å². The Balaban J connectivity index is 1.57. The number of hydrogen-bond acceptors (Lipinski definition) is 6. The number of allylic oxidation sites excluding steroid dienone is 2. The normalized spacial score (nSPS) is 23.3. The van der Waals surface area contributed by atoms with Gasteiger partial charge in [-0.2, -0.15) is 13.2 Å². The van der Waals surface area contributed by atoms with Crippen LogP contribution in [0.25, 0.3) is 0 Å². The lowest BCUT2D eigenvalue weighted by Gasteiger charge is -2.35. The molecule has 1 aromatic carbocycles. The summed E-state index contributed by atoms with van der Waals surface area (Å²) in [5.41, 5.74) is 3.53. The Kier molecular flexibility index (Phi) is 4.79. The number of nitrogens with zero attached hydrogens (tertiary/aromatic N) is 2. The molecule has 10 heteroatoms. The standard InChI is InChI=1S/C19H19F3N6O/c1-11-17(26-18(29)15-8-9-23-10-24-15)28-16(25-11)7-6-14(27-28)12-4-2-3-5-13(12)19(20,21)22/h2-9,14,16,24-25,27H,10H2,1H3,(H,26,29). The first-order valence-electron chi connectivity index (χ1n) is 8.97. The number of rotatable bonds is 3. The molecular formula is C19H19F3N6O. The molecule has 2 unspecified atom stereocenters. The number of amides is 1.